The fraction of sp³-hybridized carbons (Fsp3) is 0.167. The number of aromatic nitrogens is 2. The highest BCUT2D eigenvalue weighted by Crippen LogP contribution is 2.18. The van der Waals surface area contributed by atoms with Gasteiger partial charge >= 0.3 is 5.97 Å². The molecular weight excluding hydrogens is 218 g/mol. The molecule has 0 radical (unpaired) electrons. The average Bonchev–Trinajstić information content (AvgIpc) is 2.90. The monoisotopic (exact) mass is 231 g/mol. The van der Waals surface area contributed by atoms with E-state index in [-0.39, 0.29) is 12.5 Å². The van der Waals surface area contributed by atoms with Gasteiger partial charge in [0.15, 0.2) is 0 Å². The zero-order chi connectivity index (χ0) is 12.1. The first-order valence-corrected chi connectivity index (χ1v) is 5.21. The van der Waals surface area contributed by atoms with Crippen LogP contribution in [0.5, 0.6) is 0 Å². The minimum absolute atomic E-state index is 0.134. The van der Waals surface area contributed by atoms with E-state index < -0.39 is 0 Å². The standard InChI is InChI=1S/C12H13N3O2/c1-17-12(16)9-13-10-5-2-3-6-11(10)15-8-4-7-14-15/h2-8,13H,9H2,1H3. The van der Waals surface area contributed by atoms with E-state index in [0.29, 0.717) is 0 Å². The summed E-state index contributed by atoms with van der Waals surface area (Å²) in [6, 6.07) is 9.47. The van der Waals surface area contributed by atoms with E-state index in [1.165, 1.54) is 7.11 Å². The van der Waals surface area contributed by atoms with Crippen molar-refractivity contribution in [2.45, 2.75) is 0 Å². The van der Waals surface area contributed by atoms with Gasteiger partial charge in [-0.2, -0.15) is 5.10 Å². The van der Waals surface area contributed by atoms with E-state index in [2.05, 4.69) is 15.2 Å². The van der Waals surface area contributed by atoms with Crippen LogP contribution in [0.4, 0.5) is 5.69 Å². The third-order valence-electron chi connectivity index (χ3n) is 2.31. The van der Waals surface area contributed by atoms with Gasteiger partial charge in [-0.05, 0) is 18.2 Å². The van der Waals surface area contributed by atoms with Gasteiger partial charge in [0.05, 0.1) is 18.5 Å². The Bertz CT molecular complexity index is 494. The van der Waals surface area contributed by atoms with Crippen molar-refractivity contribution in [3.8, 4) is 5.69 Å². The summed E-state index contributed by atoms with van der Waals surface area (Å²) >= 11 is 0. The largest absolute Gasteiger partial charge is 0.468 e. The van der Waals surface area contributed by atoms with E-state index in [9.17, 15) is 4.79 Å². The molecule has 88 valence electrons. The van der Waals surface area contributed by atoms with E-state index in [1.807, 2.05) is 36.5 Å². The van der Waals surface area contributed by atoms with Gasteiger partial charge < -0.3 is 10.1 Å². The molecule has 0 bridgehead atoms. The second-order valence-corrected chi connectivity index (χ2v) is 3.40. The normalized spacial score (nSPS) is 9.94. The molecule has 2 aromatic rings. The second-order valence-electron chi connectivity index (χ2n) is 3.40. The van der Waals surface area contributed by atoms with Gasteiger partial charge in [0.25, 0.3) is 0 Å². The SMILES string of the molecule is COC(=O)CNc1ccccc1-n1cccn1. The van der Waals surface area contributed by atoms with Crippen molar-refractivity contribution in [3.63, 3.8) is 0 Å². The topological polar surface area (TPSA) is 56.1 Å². The molecule has 0 aliphatic carbocycles. The van der Waals surface area contributed by atoms with Crippen molar-refractivity contribution < 1.29 is 9.53 Å². The second kappa shape index (κ2) is 5.16. The van der Waals surface area contributed by atoms with Crippen LogP contribution in [0.3, 0.4) is 0 Å². The van der Waals surface area contributed by atoms with Gasteiger partial charge in [-0.3, -0.25) is 4.79 Å². The number of rotatable bonds is 4. The summed E-state index contributed by atoms with van der Waals surface area (Å²) in [5.41, 5.74) is 1.73. The fourth-order valence-electron chi connectivity index (χ4n) is 1.47. The smallest absolute Gasteiger partial charge is 0.325 e. The molecule has 0 fully saturated rings. The zero-order valence-corrected chi connectivity index (χ0v) is 9.46. The minimum atomic E-state index is -0.305. The van der Waals surface area contributed by atoms with Crippen molar-refractivity contribution in [2.24, 2.45) is 0 Å². The van der Waals surface area contributed by atoms with Crippen molar-refractivity contribution in [3.05, 3.63) is 42.7 Å². The summed E-state index contributed by atoms with van der Waals surface area (Å²) < 4.78 is 6.31. The van der Waals surface area contributed by atoms with Crippen molar-refractivity contribution in [1.82, 2.24) is 9.78 Å². The predicted octanol–water partition coefficient (Wildman–Crippen LogP) is 1.46. The van der Waals surface area contributed by atoms with Crippen LogP contribution in [-0.4, -0.2) is 29.4 Å². The Morgan fingerprint density at radius 2 is 2.24 bits per heavy atom. The molecule has 1 aromatic heterocycles. The fourth-order valence-corrected chi connectivity index (χ4v) is 1.47. The number of carbonyl (C=O) groups is 1. The maximum absolute atomic E-state index is 11.1. The van der Waals surface area contributed by atoms with Gasteiger partial charge in [-0.25, -0.2) is 4.68 Å². The van der Waals surface area contributed by atoms with Crippen LogP contribution in [0.1, 0.15) is 0 Å². The van der Waals surface area contributed by atoms with Crippen LogP contribution in [0.25, 0.3) is 5.69 Å². The molecular formula is C12H13N3O2. The van der Waals surface area contributed by atoms with Crippen molar-refractivity contribution >= 4 is 11.7 Å². The summed E-state index contributed by atoms with van der Waals surface area (Å²) in [6.45, 7) is 0.134. The number of methoxy groups -OCH3 is 1. The summed E-state index contributed by atoms with van der Waals surface area (Å²) in [5, 5.41) is 7.17. The van der Waals surface area contributed by atoms with Gasteiger partial charge in [0.2, 0.25) is 0 Å². The Labute approximate surface area is 99.0 Å². The number of carbonyl (C=O) groups excluding carboxylic acids is 1. The number of anilines is 1. The quantitative estimate of drug-likeness (QED) is 0.809. The molecule has 0 amide bonds. The summed E-state index contributed by atoms with van der Waals surface area (Å²) in [6.07, 6.45) is 3.55. The number of para-hydroxylation sites is 2. The molecule has 1 aromatic carbocycles. The third kappa shape index (κ3) is 2.63. The van der Waals surface area contributed by atoms with E-state index in [1.54, 1.807) is 10.9 Å². The van der Waals surface area contributed by atoms with Crippen LogP contribution < -0.4 is 5.32 Å². The van der Waals surface area contributed by atoms with E-state index in [0.717, 1.165) is 11.4 Å². The number of benzene rings is 1. The van der Waals surface area contributed by atoms with Gasteiger partial charge in [-0.1, -0.05) is 12.1 Å². The van der Waals surface area contributed by atoms with E-state index in [4.69, 9.17) is 0 Å². The maximum atomic E-state index is 11.1. The number of ether oxygens (including phenoxy) is 1. The van der Waals surface area contributed by atoms with Gasteiger partial charge in [0, 0.05) is 12.4 Å². The lowest BCUT2D eigenvalue weighted by molar-refractivity contribution is -0.138. The number of nitrogens with zero attached hydrogens (tertiary/aromatic N) is 2. The Morgan fingerprint density at radius 3 is 2.94 bits per heavy atom. The van der Waals surface area contributed by atoms with Crippen molar-refractivity contribution in [1.29, 1.82) is 0 Å². The number of hydrogen-bond donors (Lipinski definition) is 1. The Balaban J connectivity index is 2.20. The lowest BCUT2D eigenvalue weighted by Gasteiger charge is -2.10. The molecule has 1 heterocycles. The number of esters is 1. The van der Waals surface area contributed by atoms with Gasteiger partial charge in [-0.15, -0.1) is 0 Å². The third-order valence-corrected chi connectivity index (χ3v) is 2.31. The molecule has 5 heteroatoms. The van der Waals surface area contributed by atoms with Crippen LogP contribution >= 0.6 is 0 Å². The molecule has 0 unspecified atom stereocenters. The molecule has 0 saturated carbocycles. The molecule has 1 N–H and O–H groups in total. The Hall–Kier alpha value is -2.30. The molecule has 5 nitrogen and oxygen atoms in total. The first kappa shape index (κ1) is 11.2. The molecule has 2 rings (SSSR count). The van der Waals surface area contributed by atoms with Crippen LogP contribution in [0, 0.1) is 0 Å². The van der Waals surface area contributed by atoms with Gasteiger partial charge in [0.1, 0.15) is 6.54 Å². The Kier molecular flexibility index (Phi) is 3.40. The van der Waals surface area contributed by atoms with Crippen LogP contribution in [0.2, 0.25) is 0 Å². The van der Waals surface area contributed by atoms with Crippen molar-refractivity contribution in [2.75, 3.05) is 19.0 Å². The highest BCUT2D eigenvalue weighted by molar-refractivity contribution is 5.76. The highest BCUT2D eigenvalue weighted by atomic mass is 16.5. The van der Waals surface area contributed by atoms with Crippen LogP contribution in [0.15, 0.2) is 42.7 Å². The number of hydrogen-bond acceptors (Lipinski definition) is 4. The molecule has 0 spiro atoms. The lowest BCUT2D eigenvalue weighted by Crippen LogP contribution is -2.16. The molecule has 0 aliphatic heterocycles. The first-order valence-electron chi connectivity index (χ1n) is 5.21. The maximum Gasteiger partial charge on any atom is 0.325 e. The highest BCUT2D eigenvalue weighted by Gasteiger charge is 2.05. The summed E-state index contributed by atoms with van der Waals surface area (Å²) in [5.74, 6) is -0.305. The van der Waals surface area contributed by atoms with Crippen LogP contribution in [-0.2, 0) is 9.53 Å². The first-order chi connectivity index (χ1) is 8.31. The molecule has 0 atom stereocenters. The molecule has 0 aliphatic rings. The van der Waals surface area contributed by atoms with E-state index >= 15 is 0 Å². The zero-order valence-electron chi connectivity index (χ0n) is 9.46. The predicted molar refractivity (Wildman–Crippen MR) is 64.1 cm³/mol. The lowest BCUT2D eigenvalue weighted by atomic mass is 10.2. The Morgan fingerprint density at radius 1 is 1.41 bits per heavy atom. The number of nitrogens with one attached hydrogen (secondary N) is 1. The minimum Gasteiger partial charge on any atom is -0.468 e. The molecule has 17 heavy (non-hydrogen) atoms. The average molecular weight is 231 g/mol. The molecule has 0 saturated heterocycles. The summed E-state index contributed by atoms with van der Waals surface area (Å²) in [7, 11) is 1.36. The summed E-state index contributed by atoms with van der Waals surface area (Å²) in [4.78, 5) is 11.1.